The van der Waals surface area contributed by atoms with Gasteiger partial charge < -0.3 is 5.32 Å². The molecule has 0 aliphatic rings. The van der Waals surface area contributed by atoms with Gasteiger partial charge in [0.1, 0.15) is 5.01 Å². The van der Waals surface area contributed by atoms with Crippen LogP contribution in [0.1, 0.15) is 42.6 Å². The van der Waals surface area contributed by atoms with Gasteiger partial charge >= 0.3 is 0 Å². The summed E-state index contributed by atoms with van der Waals surface area (Å²) in [7, 11) is 0. The van der Waals surface area contributed by atoms with E-state index >= 15 is 0 Å². The quantitative estimate of drug-likeness (QED) is 0.899. The summed E-state index contributed by atoms with van der Waals surface area (Å²) in [4.78, 5) is 10.5. The maximum absolute atomic E-state index is 4.67. The molecule has 0 amide bonds. The van der Waals surface area contributed by atoms with Crippen molar-refractivity contribution in [3.8, 4) is 10.7 Å². The van der Waals surface area contributed by atoms with Gasteiger partial charge in [-0.15, -0.1) is 11.3 Å². The number of rotatable bonds is 5. The van der Waals surface area contributed by atoms with Crippen molar-refractivity contribution >= 4 is 11.3 Å². The number of nitrogens with one attached hydrogen (secondary N) is 1. The van der Waals surface area contributed by atoms with Crippen LogP contribution in [0.25, 0.3) is 10.7 Å². The van der Waals surface area contributed by atoms with Gasteiger partial charge in [0.25, 0.3) is 0 Å². The minimum Gasteiger partial charge on any atom is -0.309 e. The van der Waals surface area contributed by atoms with Gasteiger partial charge in [-0.25, -0.2) is 4.98 Å². The summed E-state index contributed by atoms with van der Waals surface area (Å²) in [6, 6.07) is 6.43. The number of hydrogen-bond donors (Lipinski definition) is 1. The first-order chi connectivity index (χ1) is 9.11. The molecule has 0 fully saturated rings. The van der Waals surface area contributed by atoms with E-state index < -0.39 is 0 Å². The minimum absolute atomic E-state index is 0.357. The topological polar surface area (TPSA) is 37.8 Å². The molecular weight excluding hydrogens is 254 g/mol. The predicted molar refractivity (Wildman–Crippen MR) is 81.5 cm³/mol. The number of hydrogen-bond acceptors (Lipinski definition) is 4. The molecule has 1 atom stereocenters. The first kappa shape index (κ1) is 14.2. The summed E-state index contributed by atoms with van der Waals surface area (Å²) in [6.45, 7) is 9.51. The Morgan fingerprint density at radius 1 is 1.26 bits per heavy atom. The lowest BCUT2D eigenvalue weighted by atomic mass is 10.2. The third-order valence-corrected chi connectivity index (χ3v) is 4.40. The number of nitrogens with zero attached hydrogens (tertiary/aromatic N) is 2. The molecule has 1 N–H and O–H groups in total. The molecular formula is C15H21N3S. The minimum atomic E-state index is 0.357. The van der Waals surface area contributed by atoms with Gasteiger partial charge in [-0.2, -0.15) is 0 Å². The Hall–Kier alpha value is -1.26. The molecule has 0 saturated heterocycles. The zero-order valence-electron chi connectivity index (χ0n) is 12.0. The van der Waals surface area contributed by atoms with Crippen LogP contribution in [0.2, 0.25) is 0 Å². The van der Waals surface area contributed by atoms with Crippen molar-refractivity contribution in [3.05, 3.63) is 34.5 Å². The van der Waals surface area contributed by atoms with Gasteiger partial charge in [-0.1, -0.05) is 13.0 Å². The summed E-state index contributed by atoms with van der Waals surface area (Å²) in [5.74, 6) is 0. The molecule has 0 aliphatic carbocycles. The van der Waals surface area contributed by atoms with Crippen LogP contribution in [-0.2, 0) is 0 Å². The van der Waals surface area contributed by atoms with Crippen molar-refractivity contribution in [2.75, 3.05) is 6.54 Å². The first-order valence-electron chi connectivity index (χ1n) is 6.76. The number of aryl methyl sites for hydroxylation is 2. The van der Waals surface area contributed by atoms with E-state index in [1.165, 1.54) is 4.88 Å². The van der Waals surface area contributed by atoms with E-state index in [9.17, 15) is 0 Å². The van der Waals surface area contributed by atoms with Crippen LogP contribution in [0.4, 0.5) is 0 Å². The molecule has 0 aliphatic heterocycles. The molecule has 2 aromatic heterocycles. The highest BCUT2D eigenvalue weighted by atomic mass is 32.1. The summed E-state index contributed by atoms with van der Waals surface area (Å²) in [5.41, 5.74) is 3.12. The van der Waals surface area contributed by atoms with Crippen molar-refractivity contribution in [2.24, 2.45) is 0 Å². The average Bonchev–Trinajstić information content (AvgIpc) is 2.78. The Bertz CT molecular complexity index is 548. The van der Waals surface area contributed by atoms with E-state index in [4.69, 9.17) is 0 Å². The van der Waals surface area contributed by atoms with E-state index in [1.807, 2.05) is 25.1 Å². The molecule has 0 radical (unpaired) electrons. The molecule has 102 valence electrons. The fourth-order valence-electron chi connectivity index (χ4n) is 2.04. The summed E-state index contributed by atoms with van der Waals surface area (Å²) < 4.78 is 0. The maximum Gasteiger partial charge on any atom is 0.142 e. The van der Waals surface area contributed by atoms with Crippen molar-refractivity contribution in [1.82, 2.24) is 15.3 Å². The molecule has 4 heteroatoms. The maximum atomic E-state index is 4.67. The van der Waals surface area contributed by atoms with Gasteiger partial charge in [0.15, 0.2) is 0 Å². The second kappa shape index (κ2) is 6.26. The Balaban J connectivity index is 2.25. The molecule has 2 rings (SSSR count). The fourth-order valence-corrected chi connectivity index (χ4v) is 3.10. The van der Waals surface area contributed by atoms with Crippen molar-refractivity contribution in [1.29, 1.82) is 0 Å². The number of thiazole rings is 1. The molecule has 2 heterocycles. The monoisotopic (exact) mass is 275 g/mol. The Morgan fingerprint density at radius 3 is 2.74 bits per heavy atom. The van der Waals surface area contributed by atoms with Crippen LogP contribution in [0.3, 0.4) is 0 Å². The standard InChI is InChI=1S/C15H21N3S/c1-5-9-16-11(3)14-12(4)18-15(19-14)13-8-6-7-10(2)17-13/h6-8,11,16H,5,9H2,1-4H3. The van der Waals surface area contributed by atoms with E-state index in [1.54, 1.807) is 11.3 Å². The second-order valence-electron chi connectivity index (χ2n) is 4.81. The Morgan fingerprint density at radius 2 is 2.05 bits per heavy atom. The van der Waals surface area contributed by atoms with E-state index in [2.05, 4.69) is 36.1 Å². The third-order valence-electron chi connectivity index (χ3n) is 3.03. The smallest absolute Gasteiger partial charge is 0.142 e. The van der Waals surface area contributed by atoms with E-state index in [0.29, 0.717) is 6.04 Å². The normalized spacial score (nSPS) is 12.6. The van der Waals surface area contributed by atoms with Crippen LogP contribution in [0.5, 0.6) is 0 Å². The lowest BCUT2D eigenvalue weighted by Crippen LogP contribution is -2.18. The molecule has 19 heavy (non-hydrogen) atoms. The van der Waals surface area contributed by atoms with Crippen LogP contribution in [0.15, 0.2) is 18.2 Å². The summed E-state index contributed by atoms with van der Waals surface area (Å²) >= 11 is 1.74. The number of pyridine rings is 1. The van der Waals surface area contributed by atoms with E-state index in [0.717, 1.165) is 35.1 Å². The molecule has 1 unspecified atom stereocenters. The van der Waals surface area contributed by atoms with Crippen LogP contribution in [0, 0.1) is 13.8 Å². The van der Waals surface area contributed by atoms with Crippen molar-refractivity contribution < 1.29 is 0 Å². The van der Waals surface area contributed by atoms with Gasteiger partial charge in [0, 0.05) is 16.6 Å². The number of aromatic nitrogens is 2. The van der Waals surface area contributed by atoms with Gasteiger partial charge in [0.2, 0.25) is 0 Å². The van der Waals surface area contributed by atoms with Crippen molar-refractivity contribution in [2.45, 2.75) is 40.2 Å². The Labute approximate surface area is 119 Å². The SMILES string of the molecule is CCCNC(C)c1sc(-c2cccc(C)n2)nc1C. The fraction of sp³-hybridized carbons (Fsp3) is 0.467. The first-order valence-corrected chi connectivity index (χ1v) is 7.58. The molecule has 0 bridgehead atoms. The zero-order chi connectivity index (χ0) is 13.8. The highest BCUT2D eigenvalue weighted by Gasteiger charge is 2.15. The molecule has 2 aromatic rings. The lowest BCUT2D eigenvalue weighted by molar-refractivity contribution is 0.575. The van der Waals surface area contributed by atoms with Crippen molar-refractivity contribution in [3.63, 3.8) is 0 Å². The third kappa shape index (κ3) is 3.39. The summed E-state index contributed by atoms with van der Waals surface area (Å²) in [6.07, 6.45) is 1.15. The van der Waals surface area contributed by atoms with Crippen LogP contribution >= 0.6 is 11.3 Å². The van der Waals surface area contributed by atoms with Gasteiger partial charge in [-0.3, -0.25) is 4.98 Å². The van der Waals surface area contributed by atoms with Gasteiger partial charge in [0.05, 0.1) is 11.4 Å². The molecule has 0 aromatic carbocycles. The van der Waals surface area contributed by atoms with Crippen LogP contribution in [-0.4, -0.2) is 16.5 Å². The van der Waals surface area contributed by atoms with Crippen LogP contribution < -0.4 is 5.32 Å². The lowest BCUT2D eigenvalue weighted by Gasteiger charge is -2.11. The summed E-state index contributed by atoms with van der Waals surface area (Å²) in [5, 5.41) is 4.53. The van der Waals surface area contributed by atoms with E-state index in [-0.39, 0.29) is 0 Å². The highest BCUT2D eigenvalue weighted by molar-refractivity contribution is 7.15. The zero-order valence-corrected chi connectivity index (χ0v) is 12.8. The highest BCUT2D eigenvalue weighted by Crippen LogP contribution is 2.30. The average molecular weight is 275 g/mol. The molecule has 0 saturated carbocycles. The Kier molecular flexibility index (Phi) is 4.66. The van der Waals surface area contributed by atoms with Gasteiger partial charge in [-0.05, 0) is 45.9 Å². The molecule has 0 spiro atoms. The second-order valence-corrected chi connectivity index (χ2v) is 5.84. The largest absolute Gasteiger partial charge is 0.309 e. The molecule has 3 nitrogen and oxygen atoms in total. The predicted octanol–water partition coefficient (Wildman–Crippen LogP) is 3.88.